The van der Waals surface area contributed by atoms with Crippen molar-refractivity contribution in [1.29, 1.82) is 0 Å². The van der Waals surface area contributed by atoms with Crippen LogP contribution in [0.4, 0.5) is 5.69 Å². The van der Waals surface area contributed by atoms with Crippen molar-refractivity contribution >= 4 is 35.6 Å². The molecule has 3 nitrogen and oxygen atoms in total. The molecule has 0 radical (unpaired) electrons. The van der Waals surface area contributed by atoms with Crippen molar-refractivity contribution < 1.29 is 4.79 Å². The molecule has 18 heavy (non-hydrogen) atoms. The van der Waals surface area contributed by atoms with Gasteiger partial charge >= 0.3 is 0 Å². The van der Waals surface area contributed by atoms with E-state index in [1.165, 1.54) is 0 Å². The standard InChI is InChI=1S/C13H19ClN2O.ClH/c1-4-7-13(3,15)12(17)16-11-8-10(14)6-5-9(11)2;/h5-6,8H,4,7,15H2,1-3H3,(H,16,17);1H. The number of carbonyl (C=O) groups excluding carboxylic acids is 1. The van der Waals surface area contributed by atoms with E-state index in [1.807, 2.05) is 19.9 Å². The number of nitrogens with two attached hydrogens (primary N) is 1. The third-order valence-electron chi connectivity index (χ3n) is 2.74. The topological polar surface area (TPSA) is 55.1 Å². The molecule has 0 aromatic heterocycles. The molecule has 102 valence electrons. The molecule has 1 unspecified atom stereocenters. The minimum Gasteiger partial charge on any atom is -0.324 e. The maximum absolute atomic E-state index is 12.0. The van der Waals surface area contributed by atoms with Crippen LogP contribution in [0.3, 0.4) is 0 Å². The lowest BCUT2D eigenvalue weighted by atomic mass is 9.96. The fraction of sp³-hybridized carbons (Fsp3) is 0.462. The number of hydrogen-bond acceptors (Lipinski definition) is 2. The smallest absolute Gasteiger partial charge is 0.244 e. The number of hydrogen-bond donors (Lipinski definition) is 2. The summed E-state index contributed by atoms with van der Waals surface area (Å²) in [6.07, 6.45) is 1.52. The van der Waals surface area contributed by atoms with Gasteiger partial charge in [0.1, 0.15) is 0 Å². The maximum atomic E-state index is 12.0. The molecule has 3 N–H and O–H groups in total. The third-order valence-corrected chi connectivity index (χ3v) is 2.97. The van der Waals surface area contributed by atoms with Crippen LogP contribution in [0.25, 0.3) is 0 Å². The SMILES string of the molecule is CCCC(C)(N)C(=O)Nc1cc(Cl)ccc1C.Cl. The van der Waals surface area contributed by atoms with Crippen molar-refractivity contribution in [3.63, 3.8) is 0 Å². The van der Waals surface area contributed by atoms with Crippen LogP contribution in [0.15, 0.2) is 18.2 Å². The van der Waals surface area contributed by atoms with E-state index in [0.717, 1.165) is 17.7 Å². The van der Waals surface area contributed by atoms with Gasteiger partial charge in [0.15, 0.2) is 0 Å². The molecule has 0 saturated carbocycles. The molecule has 5 heteroatoms. The molecule has 0 fully saturated rings. The summed E-state index contributed by atoms with van der Waals surface area (Å²) in [5.41, 5.74) is 6.80. The molecule has 0 spiro atoms. The number of anilines is 1. The lowest BCUT2D eigenvalue weighted by Gasteiger charge is -2.23. The summed E-state index contributed by atoms with van der Waals surface area (Å²) in [7, 11) is 0. The Morgan fingerprint density at radius 2 is 2.11 bits per heavy atom. The Labute approximate surface area is 119 Å². The van der Waals surface area contributed by atoms with Crippen LogP contribution < -0.4 is 11.1 Å². The van der Waals surface area contributed by atoms with Crippen molar-refractivity contribution in [2.45, 2.75) is 39.2 Å². The first kappa shape index (κ1) is 17.2. The molecular weight excluding hydrogens is 271 g/mol. The number of halogens is 2. The van der Waals surface area contributed by atoms with Crippen molar-refractivity contribution in [2.75, 3.05) is 5.32 Å². The number of rotatable bonds is 4. The molecule has 1 aromatic rings. The Morgan fingerprint density at radius 1 is 1.50 bits per heavy atom. The van der Waals surface area contributed by atoms with E-state index in [2.05, 4.69) is 5.32 Å². The first-order chi connectivity index (χ1) is 7.86. The Bertz CT molecular complexity index is 419. The van der Waals surface area contributed by atoms with E-state index in [-0.39, 0.29) is 18.3 Å². The van der Waals surface area contributed by atoms with Crippen LogP contribution in [-0.2, 0) is 4.79 Å². The van der Waals surface area contributed by atoms with E-state index < -0.39 is 5.54 Å². The van der Waals surface area contributed by atoms with Gasteiger partial charge in [0.2, 0.25) is 5.91 Å². The summed E-state index contributed by atoms with van der Waals surface area (Å²) in [5.74, 6) is -0.176. The van der Waals surface area contributed by atoms with Gasteiger partial charge in [0, 0.05) is 10.7 Å². The minimum absolute atomic E-state index is 0. The highest BCUT2D eigenvalue weighted by Crippen LogP contribution is 2.21. The first-order valence-electron chi connectivity index (χ1n) is 5.73. The average molecular weight is 291 g/mol. The zero-order chi connectivity index (χ0) is 13.1. The number of aryl methyl sites for hydroxylation is 1. The van der Waals surface area contributed by atoms with Gasteiger partial charge < -0.3 is 11.1 Å². The first-order valence-corrected chi connectivity index (χ1v) is 6.11. The molecule has 1 amide bonds. The van der Waals surface area contributed by atoms with E-state index in [4.69, 9.17) is 17.3 Å². The Morgan fingerprint density at radius 3 is 2.67 bits per heavy atom. The largest absolute Gasteiger partial charge is 0.324 e. The summed E-state index contributed by atoms with van der Waals surface area (Å²) < 4.78 is 0. The quantitative estimate of drug-likeness (QED) is 0.891. The van der Waals surface area contributed by atoms with Gasteiger partial charge in [-0.25, -0.2) is 0 Å². The maximum Gasteiger partial charge on any atom is 0.244 e. The second-order valence-electron chi connectivity index (χ2n) is 4.58. The van der Waals surface area contributed by atoms with Gasteiger partial charge in [-0.05, 0) is 38.0 Å². The van der Waals surface area contributed by atoms with Crippen LogP contribution in [0.2, 0.25) is 5.02 Å². The fourth-order valence-electron chi connectivity index (χ4n) is 1.63. The lowest BCUT2D eigenvalue weighted by molar-refractivity contribution is -0.120. The molecule has 0 aliphatic carbocycles. The van der Waals surface area contributed by atoms with Gasteiger partial charge in [-0.2, -0.15) is 0 Å². The number of benzene rings is 1. The minimum atomic E-state index is -0.844. The molecular formula is C13H20Cl2N2O. The fourth-order valence-corrected chi connectivity index (χ4v) is 1.80. The Hall–Kier alpha value is -0.770. The number of carbonyl (C=O) groups is 1. The Balaban J connectivity index is 0.00000289. The highest BCUT2D eigenvalue weighted by molar-refractivity contribution is 6.31. The predicted molar refractivity (Wildman–Crippen MR) is 79.6 cm³/mol. The second-order valence-corrected chi connectivity index (χ2v) is 5.02. The second kappa shape index (κ2) is 6.98. The van der Waals surface area contributed by atoms with Gasteiger partial charge in [0.25, 0.3) is 0 Å². The summed E-state index contributed by atoms with van der Waals surface area (Å²) in [5, 5.41) is 3.43. The van der Waals surface area contributed by atoms with Crippen LogP contribution in [-0.4, -0.2) is 11.4 Å². The van der Waals surface area contributed by atoms with Crippen LogP contribution in [0.5, 0.6) is 0 Å². The van der Waals surface area contributed by atoms with E-state index in [1.54, 1.807) is 19.1 Å². The molecule has 0 bridgehead atoms. The summed E-state index contributed by atoms with van der Waals surface area (Å²) in [4.78, 5) is 12.0. The molecule has 0 saturated heterocycles. The lowest BCUT2D eigenvalue weighted by Crippen LogP contribution is -2.48. The van der Waals surface area contributed by atoms with Gasteiger partial charge in [0.05, 0.1) is 5.54 Å². The van der Waals surface area contributed by atoms with E-state index >= 15 is 0 Å². The van der Waals surface area contributed by atoms with E-state index in [9.17, 15) is 4.79 Å². The molecule has 1 atom stereocenters. The van der Waals surface area contributed by atoms with Crippen LogP contribution in [0.1, 0.15) is 32.3 Å². The van der Waals surface area contributed by atoms with Gasteiger partial charge in [-0.1, -0.05) is 31.0 Å². The summed E-state index contributed by atoms with van der Waals surface area (Å²) in [6.45, 7) is 5.66. The summed E-state index contributed by atoms with van der Waals surface area (Å²) in [6, 6.07) is 5.39. The van der Waals surface area contributed by atoms with E-state index in [0.29, 0.717) is 11.4 Å². The molecule has 0 aliphatic heterocycles. The predicted octanol–water partition coefficient (Wildman–Crippen LogP) is 3.53. The molecule has 1 aromatic carbocycles. The van der Waals surface area contributed by atoms with Crippen molar-refractivity contribution in [3.8, 4) is 0 Å². The zero-order valence-electron chi connectivity index (χ0n) is 10.9. The van der Waals surface area contributed by atoms with Crippen molar-refractivity contribution in [1.82, 2.24) is 0 Å². The molecule has 0 heterocycles. The van der Waals surface area contributed by atoms with Crippen LogP contribution >= 0.6 is 24.0 Å². The third kappa shape index (κ3) is 4.48. The highest BCUT2D eigenvalue weighted by Gasteiger charge is 2.27. The monoisotopic (exact) mass is 290 g/mol. The van der Waals surface area contributed by atoms with Gasteiger partial charge in [-0.3, -0.25) is 4.79 Å². The summed E-state index contributed by atoms with van der Waals surface area (Å²) >= 11 is 5.89. The van der Waals surface area contributed by atoms with Crippen LogP contribution in [0, 0.1) is 6.92 Å². The molecule has 1 rings (SSSR count). The average Bonchev–Trinajstić information content (AvgIpc) is 2.23. The normalized spacial score (nSPS) is 13.4. The molecule has 0 aliphatic rings. The Kier molecular flexibility index (Phi) is 6.68. The zero-order valence-corrected chi connectivity index (χ0v) is 12.5. The van der Waals surface area contributed by atoms with Crippen molar-refractivity contribution in [3.05, 3.63) is 28.8 Å². The number of amides is 1. The van der Waals surface area contributed by atoms with Crippen molar-refractivity contribution in [2.24, 2.45) is 5.73 Å². The number of nitrogens with one attached hydrogen (secondary N) is 1. The highest BCUT2D eigenvalue weighted by atomic mass is 35.5. The van der Waals surface area contributed by atoms with Gasteiger partial charge in [-0.15, -0.1) is 12.4 Å².